The maximum absolute atomic E-state index is 12.7. The molecule has 0 amide bonds. The van der Waals surface area contributed by atoms with E-state index in [0.29, 0.717) is 17.0 Å². The van der Waals surface area contributed by atoms with Crippen molar-refractivity contribution in [2.45, 2.75) is 25.3 Å². The fraction of sp³-hybridized carbons (Fsp3) is 0.273. The average molecular weight is 434 g/mol. The topological polar surface area (TPSA) is 73.6 Å². The van der Waals surface area contributed by atoms with Gasteiger partial charge in [-0.1, -0.05) is 24.3 Å². The lowest BCUT2D eigenvalue weighted by molar-refractivity contribution is -0.148. The van der Waals surface area contributed by atoms with Gasteiger partial charge in [-0.15, -0.1) is 0 Å². The van der Waals surface area contributed by atoms with E-state index in [2.05, 4.69) is 5.10 Å². The summed E-state index contributed by atoms with van der Waals surface area (Å²) in [5, 5.41) is 13.4. The van der Waals surface area contributed by atoms with Crippen molar-refractivity contribution >= 4 is 5.97 Å². The molecule has 1 aromatic heterocycles. The molecule has 31 heavy (non-hydrogen) atoms. The molecular formula is C22H21F3N2O4. The summed E-state index contributed by atoms with van der Waals surface area (Å²) < 4.78 is 50.5. The zero-order valence-electron chi connectivity index (χ0n) is 16.9. The van der Waals surface area contributed by atoms with Crippen LogP contribution in [0.25, 0.3) is 11.3 Å². The van der Waals surface area contributed by atoms with Gasteiger partial charge in [-0.05, 0) is 35.9 Å². The lowest BCUT2D eigenvalue weighted by Crippen LogP contribution is -2.24. The van der Waals surface area contributed by atoms with E-state index in [4.69, 9.17) is 14.6 Å². The van der Waals surface area contributed by atoms with Crippen molar-refractivity contribution < 1.29 is 32.5 Å². The minimum absolute atomic E-state index is 0.208. The van der Waals surface area contributed by atoms with Gasteiger partial charge in [-0.2, -0.15) is 18.3 Å². The van der Waals surface area contributed by atoms with Gasteiger partial charge in [0.25, 0.3) is 0 Å². The highest BCUT2D eigenvalue weighted by molar-refractivity contribution is 5.72. The number of aryl methyl sites for hydroxylation is 1. The summed E-state index contributed by atoms with van der Waals surface area (Å²) >= 11 is 0. The Balaban J connectivity index is 1.64. The maximum Gasteiger partial charge on any atom is 0.416 e. The summed E-state index contributed by atoms with van der Waals surface area (Å²) in [5.74, 6) is -0.437. The molecule has 9 heteroatoms. The largest absolute Gasteiger partial charge is 0.487 e. The van der Waals surface area contributed by atoms with Crippen LogP contribution in [0.15, 0.2) is 54.6 Å². The molecule has 0 aliphatic rings. The van der Waals surface area contributed by atoms with Gasteiger partial charge in [-0.25, -0.2) is 4.79 Å². The summed E-state index contributed by atoms with van der Waals surface area (Å²) in [4.78, 5) is 11.1. The summed E-state index contributed by atoms with van der Waals surface area (Å²) in [5.41, 5.74) is 1.95. The molecule has 0 fully saturated rings. The monoisotopic (exact) mass is 434 g/mol. The van der Waals surface area contributed by atoms with Crippen LogP contribution in [0.2, 0.25) is 0 Å². The summed E-state index contributed by atoms with van der Waals surface area (Å²) in [7, 11) is 3.08. The van der Waals surface area contributed by atoms with Crippen molar-refractivity contribution in [1.82, 2.24) is 9.78 Å². The highest BCUT2D eigenvalue weighted by Crippen LogP contribution is 2.31. The van der Waals surface area contributed by atoms with Gasteiger partial charge in [-0.3, -0.25) is 4.68 Å². The van der Waals surface area contributed by atoms with Crippen LogP contribution in [0.5, 0.6) is 5.75 Å². The van der Waals surface area contributed by atoms with Crippen LogP contribution in [0.1, 0.15) is 16.8 Å². The number of benzene rings is 2. The fourth-order valence-corrected chi connectivity index (χ4v) is 2.98. The van der Waals surface area contributed by atoms with Crippen molar-refractivity contribution in [3.63, 3.8) is 0 Å². The van der Waals surface area contributed by atoms with Crippen molar-refractivity contribution in [3.8, 4) is 17.0 Å². The number of nitrogens with zero attached hydrogens (tertiary/aromatic N) is 2. The SMILES string of the molecule is COC(Cc1ccc(OCc2cc(-c3ccc(C(F)(F)F)cc3)nn2C)cc1)C(=O)O. The lowest BCUT2D eigenvalue weighted by Gasteiger charge is -2.11. The first-order valence-corrected chi connectivity index (χ1v) is 9.35. The molecular weight excluding hydrogens is 413 g/mol. The van der Waals surface area contributed by atoms with Crippen LogP contribution in [-0.2, 0) is 35.8 Å². The lowest BCUT2D eigenvalue weighted by atomic mass is 10.1. The normalized spacial score (nSPS) is 12.5. The molecule has 164 valence electrons. The van der Waals surface area contributed by atoms with Gasteiger partial charge in [0, 0.05) is 26.1 Å². The molecule has 0 aliphatic carbocycles. The highest BCUT2D eigenvalue weighted by Gasteiger charge is 2.30. The minimum Gasteiger partial charge on any atom is -0.487 e. The molecule has 0 saturated heterocycles. The van der Waals surface area contributed by atoms with Gasteiger partial charge in [0.15, 0.2) is 6.10 Å². The number of ether oxygens (including phenoxy) is 2. The number of alkyl halides is 3. The Morgan fingerprint density at radius 1 is 1.13 bits per heavy atom. The number of rotatable bonds is 8. The molecule has 3 rings (SSSR count). The standard InChI is InChI=1S/C22H21F3N2O4/c1-27-17(12-19(26-27)15-5-7-16(8-6-15)22(23,24)25)13-31-18-9-3-14(4-10-18)11-20(30-2)21(28)29/h3-10,12,20H,11,13H2,1-2H3,(H,28,29). The number of methoxy groups -OCH3 is 1. The van der Waals surface area contributed by atoms with Gasteiger partial charge < -0.3 is 14.6 Å². The van der Waals surface area contributed by atoms with Crippen molar-refractivity contribution in [3.05, 3.63) is 71.4 Å². The number of aliphatic carboxylic acids is 1. The van der Waals surface area contributed by atoms with Gasteiger partial charge in [0.1, 0.15) is 12.4 Å². The van der Waals surface area contributed by atoms with E-state index in [0.717, 1.165) is 23.4 Å². The number of hydrogen-bond donors (Lipinski definition) is 1. The number of carboxylic acids is 1. The number of hydrogen-bond acceptors (Lipinski definition) is 4. The second kappa shape index (κ2) is 9.22. The molecule has 3 aromatic rings. The molecule has 1 unspecified atom stereocenters. The first kappa shape index (κ1) is 22.4. The summed E-state index contributed by atoms with van der Waals surface area (Å²) in [6, 6.07) is 13.6. The highest BCUT2D eigenvalue weighted by atomic mass is 19.4. The van der Waals surface area contributed by atoms with Crippen LogP contribution in [0.4, 0.5) is 13.2 Å². The third-order valence-corrected chi connectivity index (χ3v) is 4.78. The van der Waals surface area contributed by atoms with Crippen LogP contribution in [-0.4, -0.2) is 34.1 Å². The molecule has 1 heterocycles. The number of aromatic nitrogens is 2. The Bertz CT molecular complexity index is 1030. The van der Waals surface area contributed by atoms with E-state index in [1.54, 1.807) is 42.1 Å². The van der Waals surface area contributed by atoms with Crippen LogP contribution >= 0.6 is 0 Å². The predicted octanol–water partition coefficient (Wildman–Crippen LogP) is 4.33. The Morgan fingerprint density at radius 2 is 1.77 bits per heavy atom. The Morgan fingerprint density at radius 3 is 2.32 bits per heavy atom. The van der Waals surface area contributed by atoms with E-state index in [-0.39, 0.29) is 13.0 Å². The van der Waals surface area contributed by atoms with E-state index in [1.165, 1.54) is 19.2 Å². The quantitative estimate of drug-likeness (QED) is 0.572. The number of halogens is 3. The van der Waals surface area contributed by atoms with Gasteiger partial charge >= 0.3 is 12.1 Å². The third-order valence-electron chi connectivity index (χ3n) is 4.78. The fourth-order valence-electron chi connectivity index (χ4n) is 2.98. The molecule has 2 aromatic carbocycles. The van der Waals surface area contributed by atoms with E-state index >= 15 is 0 Å². The van der Waals surface area contributed by atoms with E-state index in [1.807, 2.05) is 0 Å². The smallest absolute Gasteiger partial charge is 0.416 e. The first-order chi connectivity index (χ1) is 14.7. The van der Waals surface area contributed by atoms with Crippen LogP contribution < -0.4 is 4.74 Å². The summed E-state index contributed by atoms with van der Waals surface area (Å²) in [6.07, 6.45) is -5.05. The summed E-state index contributed by atoms with van der Waals surface area (Å²) in [6.45, 7) is 0.208. The average Bonchev–Trinajstić information content (AvgIpc) is 3.11. The molecule has 0 radical (unpaired) electrons. The van der Waals surface area contributed by atoms with Crippen molar-refractivity contribution in [2.24, 2.45) is 7.05 Å². The van der Waals surface area contributed by atoms with Crippen LogP contribution in [0.3, 0.4) is 0 Å². The molecule has 1 N–H and O–H groups in total. The number of carboxylic acid groups (broad SMARTS) is 1. The van der Waals surface area contributed by atoms with E-state index < -0.39 is 23.8 Å². The zero-order valence-corrected chi connectivity index (χ0v) is 16.9. The Labute approximate surface area is 176 Å². The Kier molecular flexibility index (Phi) is 6.65. The first-order valence-electron chi connectivity index (χ1n) is 9.35. The van der Waals surface area contributed by atoms with Crippen molar-refractivity contribution in [1.29, 1.82) is 0 Å². The Hall–Kier alpha value is -3.33. The molecule has 0 saturated carbocycles. The molecule has 0 spiro atoms. The minimum atomic E-state index is -4.38. The van der Waals surface area contributed by atoms with Gasteiger partial charge in [0.2, 0.25) is 0 Å². The zero-order chi connectivity index (χ0) is 22.6. The predicted molar refractivity (Wildman–Crippen MR) is 107 cm³/mol. The molecule has 1 atom stereocenters. The number of carbonyl (C=O) groups is 1. The second-order valence-corrected chi connectivity index (χ2v) is 6.92. The molecule has 0 aliphatic heterocycles. The van der Waals surface area contributed by atoms with Gasteiger partial charge in [0.05, 0.1) is 17.0 Å². The molecule has 6 nitrogen and oxygen atoms in total. The third kappa shape index (κ3) is 5.64. The second-order valence-electron chi connectivity index (χ2n) is 6.92. The molecule has 0 bridgehead atoms. The van der Waals surface area contributed by atoms with E-state index in [9.17, 15) is 18.0 Å². The van der Waals surface area contributed by atoms with Crippen molar-refractivity contribution in [2.75, 3.05) is 7.11 Å². The van der Waals surface area contributed by atoms with Crippen LogP contribution in [0, 0.1) is 0 Å². The maximum atomic E-state index is 12.7.